The normalized spacial score (nSPS) is 14.6. The maximum Gasteiger partial charge on any atom is 0.258 e. The third-order valence-corrected chi connectivity index (χ3v) is 3.30. The van der Waals surface area contributed by atoms with E-state index < -0.39 is 0 Å². The molecule has 0 amide bonds. The highest BCUT2D eigenvalue weighted by Gasteiger charge is 2.19. The molecule has 0 bridgehead atoms. The van der Waals surface area contributed by atoms with Gasteiger partial charge < -0.3 is 14.0 Å². The Balaban J connectivity index is 1.86. The Hall–Kier alpha value is -1.75. The van der Waals surface area contributed by atoms with Gasteiger partial charge in [0, 0.05) is 5.56 Å². The first kappa shape index (κ1) is 12.3. The molecule has 0 aliphatic carbocycles. The Labute approximate surface area is 115 Å². The van der Waals surface area contributed by atoms with Crippen LogP contribution in [0.4, 0.5) is 0 Å². The van der Waals surface area contributed by atoms with Crippen molar-refractivity contribution in [2.24, 2.45) is 0 Å². The lowest BCUT2D eigenvalue weighted by molar-refractivity contribution is 0.174. The molecule has 1 aromatic heterocycles. The van der Waals surface area contributed by atoms with Crippen molar-refractivity contribution in [2.75, 3.05) is 6.79 Å². The zero-order chi connectivity index (χ0) is 13.2. The Kier molecular flexibility index (Phi) is 3.29. The fourth-order valence-corrected chi connectivity index (χ4v) is 2.20. The molecule has 0 fully saturated rings. The highest BCUT2D eigenvalue weighted by molar-refractivity contribution is 6.20. The number of rotatable bonds is 4. The van der Waals surface area contributed by atoms with E-state index in [1.807, 2.05) is 18.2 Å². The number of fused-ring (bicyclic) bond motifs is 1. The van der Waals surface area contributed by atoms with Crippen LogP contribution < -0.4 is 9.47 Å². The molecule has 1 aliphatic rings. The Morgan fingerprint density at radius 3 is 3.00 bits per heavy atom. The van der Waals surface area contributed by atoms with Gasteiger partial charge in [-0.15, -0.1) is 11.6 Å². The molecule has 6 heteroatoms. The number of alkyl halides is 1. The SMILES string of the molecule is CCCC(Cl)c1noc(-c2ccc3c(c2)OCO3)n1. The third-order valence-electron chi connectivity index (χ3n) is 2.88. The summed E-state index contributed by atoms with van der Waals surface area (Å²) in [6.45, 7) is 2.31. The van der Waals surface area contributed by atoms with Crippen molar-refractivity contribution >= 4 is 11.6 Å². The second-order valence-corrected chi connectivity index (χ2v) is 4.81. The van der Waals surface area contributed by atoms with Gasteiger partial charge in [0.2, 0.25) is 6.79 Å². The van der Waals surface area contributed by atoms with E-state index in [2.05, 4.69) is 17.1 Å². The largest absolute Gasteiger partial charge is 0.454 e. The van der Waals surface area contributed by atoms with Gasteiger partial charge in [0.25, 0.3) is 5.89 Å². The van der Waals surface area contributed by atoms with Gasteiger partial charge in [0.05, 0.1) is 5.38 Å². The summed E-state index contributed by atoms with van der Waals surface area (Å²) in [5.74, 6) is 2.38. The molecule has 0 N–H and O–H groups in total. The molecule has 1 aliphatic heterocycles. The predicted molar refractivity (Wildman–Crippen MR) is 69.4 cm³/mol. The van der Waals surface area contributed by atoms with Crippen LogP contribution in [0.5, 0.6) is 11.5 Å². The molecule has 100 valence electrons. The van der Waals surface area contributed by atoms with E-state index in [0.717, 1.165) is 24.2 Å². The highest BCUT2D eigenvalue weighted by atomic mass is 35.5. The Morgan fingerprint density at radius 2 is 2.16 bits per heavy atom. The van der Waals surface area contributed by atoms with Crippen LogP contribution in [0.3, 0.4) is 0 Å². The van der Waals surface area contributed by atoms with Crippen molar-refractivity contribution < 1.29 is 14.0 Å². The summed E-state index contributed by atoms with van der Waals surface area (Å²) < 4.78 is 15.8. The van der Waals surface area contributed by atoms with E-state index >= 15 is 0 Å². The number of aromatic nitrogens is 2. The van der Waals surface area contributed by atoms with Gasteiger partial charge in [-0.2, -0.15) is 4.98 Å². The zero-order valence-electron chi connectivity index (χ0n) is 10.4. The number of ether oxygens (including phenoxy) is 2. The average molecular weight is 281 g/mol. The summed E-state index contributed by atoms with van der Waals surface area (Å²) in [6.07, 6.45) is 1.80. The third kappa shape index (κ3) is 2.38. The first-order chi connectivity index (χ1) is 9.28. The zero-order valence-corrected chi connectivity index (χ0v) is 11.2. The molecule has 3 rings (SSSR count). The fourth-order valence-electron chi connectivity index (χ4n) is 1.89. The Bertz CT molecular complexity index is 585. The second kappa shape index (κ2) is 5.09. The molecule has 0 spiro atoms. The number of benzene rings is 1. The Morgan fingerprint density at radius 1 is 1.32 bits per heavy atom. The molecule has 0 saturated carbocycles. The van der Waals surface area contributed by atoms with Gasteiger partial charge in [-0.05, 0) is 24.6 Å². The maximum absolute atomic E-state index is 6.17. The van der Waals surface area contributed by atoms with Crippen molar-refractivity contribution in [1.29, 1.82) is 0 Å². The molecule has 1 aromatic carbocycles. The molecule has 1 atom stereocenters. The van der Waals surface area contributed by atoms with Crippen LogP contribution in [0.25, 0.3) is 11.5 Å². The molecular weight excluding hydrogens is 268 g/mol. The van der Waals surface area contributed by atoms with Gasteiger partial charge in [0.1, 0.15) is 0 Å². The lowest BCUT2D eigenvalue weighted by atomic mass is 10.2. The monoisotopic (exact) mass is 280 g/mol. The minimum absolute atomic E-state index is 0.212. The van der Waals surface area contributed by atoms with E-state index in [0.29, 0.717) is 17.5 Å². The first-order valence-electron chi connectivity index (χ1n) is 6.15. The van der Waals surface area contributed by atoms with E-state index in [9.17, 15) is 0 Å². The smallest absolute Gasteiger partial charge is 0.258 e. The molecular formula is C13H13ClN2O3. The standard InChI is InChI=1S/C13H13ClN2O3/c1-2-3-9(14)12-15-13(19-16-12)8-4-5-10-11(6-8)18-7-17-10/h4-6,9H,2-3,7H2,1H3. The first-order valence-corrected chi connectivity index (χ1v) is 6.59. The summed E-state index contributed by atoms with van der Waals surface area (Å²) >= 11 is 6.17. The molecule has 2 heterocycles. The minimum Gasteiger partial charge on any atom is -0.454 e. The van der Waals surface area contributed by atoms with Gasteiger partial charge in [-0.25, -0.2) is 0 Å². The summed E-state index contributed by atoms with van der Waals surface area (Å²) in [6, 6.07) is 5.50. The lowest BCUT2D eigenvalue weighted by Crippen LogP contribution is -1.93. The molecule has 1 unspecified atom stereocenters. The van der Waals surface area contributed by atoms with Gasteiger partial charge in [-0.1, -0.05) is 18.5 Å². The van der Waals surface area contributed by atoms with Crippen molar-refractivity contribution in [1.82, 2.24) is 10.1 Å². The van der Waals surface area contributed by atoms with Gasteiger partial charge in [0.15, 0.2) is 17.3 Å². The van der Waals surface area contributed by atoms with E-state index in [-0.39, 0.29) is 12.2 Å². The molecule has 0 saturated heterocycles. The lowest BCUT2D eigenvalue weighted by Gasteiger charge is -2.00. The number of hydrogen-bond acceptors (Lipinski definition) is 5. The van der Waals surface area contributed by atoms with Crippen LogP contribution >= 0.6 is 11.6 Å². The van der Waals surface area contributed by atoms with Crippen LogP contribution in [-0.2, 0) is 0 Å². The van der Waals surface area contributed by atoms with Crippen LogP contribution in [-0.4, -0.2) is 16.9 Å². The fraction of sp³-hybridized carbons (Fsp3) is 0.385. The summed E-state index contributed by atoms with van der Waals surface area (Å²) in [7, 11) is 0. The van der Waals surface area contributed by atoms with E-state index in [4.69, 9.17) is 25.6 Å². The van der Waals surface area contributed by atoms with Crippen molar-refractivity contribution in [3.05, 3.63) is 24.0 Å². The summed E-state index contributed by atoms with van der Waals surface area (Å²) in [5, 5.41) is 3.70. The molecule has 0 radical (unpaired) electrons. The molecule has 2 aromatic rings. The molecule has 19 heavy (non-hydrogen) atoms. The number of hydrogen-bond donors (Lipinski definition) is 0. The van der Waals surface area contributed by atoms with Gasteiger partial charge in [-0.3, -0.25) is 0 Å². The van der Waals surface area contributed by atoms with Crippen LogP contribution in [0.1, 0.15) is 31.0 Å². The highest BCUT2D eigenvalue weighted by Crippen LogP contribution is 2.35. The minimum atomic E-state index is -0.212. The quantitative estimate of drug-likeness (QED) is 0.802. The van der Waals surface area contributed by atoms with E-state index in [1.54, 1.807) is 0 Å². The van der Waals surface area contributed by atoms with Crippen molar-refractivity contribution in [2.45, 2.75) is 25.1 Å². The number of halogens is 1. The topological polar surface area (TPSA) is 57.4 Å². The summed E-state index contributed by atoms with van der Waals surface area (Å²) in [5.41, 5.74) is 0.795. The van der Waals surface area contributed by atoms with Gasteiger partial charge >= 0.3 is 0 Å². The van der Waals surface area contributed by atoms with Crippen LogP contribution in [0.15, 0.2) is 22.7 Å². The van der Waals surface area contributed by atoms with Crippen molar-refractivity contribution in [3.8, 4) is 23.0 Å². The van der Waals surface area contributed by atoms with Crippen molar-refractivity contribution in [3.63, 3.8) is 0 Å². The predicted octanol–water partition coefficient (Wildman–Crippen LogP) is 3.55. The maximum atomic E-state index is 6.17. The van der Waals surface area contributed by atoms with E-state index in [1.165, 1.54) is 0 Å². The number of nitrogens with zero attached hydrogens (tertiary/aromatic N) is 2. The molecule has 5 nitrogen and oxygen atoms in total. The average Bonchev–Trinajstić information content (AvgIpc) is 3.07. The van der Waals surface area contributed by atoms with Crippen LogP contribution in [0, 0.1) is 0 Å². The van der Waals surface area contributed by atoms with Crippen LogP contribution in [0.2, 0.25) is 0 Å². The second-order valence-electron chi connectivity index (χ2n) is 4.28. The summed E-state index contributed by atoms with van der Waals surface area (Å²) in [4.78, 5) is 4.32.